The maximum Gasteiger partial charge on any atom is 0.273 e. The topological polar surface area (TPSA) is 75.4 Å². The highest BCUT2D eigenvalue weighted by molar-refractivity contribution is 5.94. The maximum absolute atomic E-state index is 13.2. The van der Waals surface area contributed by atoms with E-state index in [2.05, 4.69) is 10.3 Å². The van der Waals surface area contributed by atoms with Crippen LogP contribution in [0.25, 0.3) is 11.5 Å². The van der Waals surface area contributed by atoms with Crippen molar-refractivity contribution in [3.8, 4) is 11.5 Å². The van der Waals surface area contributed by atoms with Crippen molar-refractivity contribution in [2.24, 2.45) is 5.41 Å². The molecule has 4 aliphatic rings. The molecule has 1 aromatic heterocycles. The van der Waals surface area contributed by atoms with Crippen LogP contribution in [0, 0.1) is 5.41 Å². The van der Waals surface area contributed by atoms with Crippen molar-refractivity contribution in [3.63, 3.8) is 0 Å². The number of hydrogen-bond acceptors (Lipinski definition) is 4. The van der Waals surface area contributed by atoms with Gasteiger partial charge in [0.25, 0.3) is 5.91 Å². The molecule has 1 amide bonds. The number of aliphatic hydroxyl groups excluding tert-OH is 1. The first-order valence-electron chi connectivity index (χ1n) is 10.1. The first-order valence-corrected chi connectivity index (χ1v) is 10.1. The Balaban J connectivity index is 1.40. The first-order chi connectivity index (χ1) is 13.1. The number of nitrogens with zero attached hydrogens (tertiary/aromatic N) is 1. The number of rotatable bonds is 5. The summed E-state index contributed by atoms with van der Waals surface area (Å²) in [6, 6.07) is 9.78. The van der Waals surface area contributed by atoms with Crippen molar-refractivity contribution in [2.75, 3.05) is 6.61 Å². The summed E-state index contributed by atoms with van der Waals surface area (Å²) in [6.07, 6.45) is 7.94. The Morgan fingerprint density at radius 3 is 2.37 bits per heavy atom. The van der Waals surface area contributed by atoms with Gasteiger partial charge in [-0.2, -0.15) is 0 Å². The number of benzene rings is 1. The third-order valence-corrected chi connectivity index (χ3v) is 6.95. The molecule has 0 unspecified atom stereocenters. The Kier molecular flexibility index (Phi) is 3.90. The summed E-state index contributed by atoms with van der Waals surface area (Å²) in [5.74, 6) is 1.51. The predicted molar refractivity (Wildman–Crippen MR) is 101 cm³/mol. The van der Waals surface area contributed by atoms with Gasteiger partial charge >= 0.3 is 0 Å². The summed E-state index contributed by atoms with van der Waals surface area (Å²) >= 11 is 0. The average Bonchev–Trinajstić information content (AvgIpc) is 3.48. The molecule has 0 spiro atoms. The molecule has 0 radical (unpaired) electrons. The van der Waals surface area contributed by atoms with Gasteiger partial charge in [0, 0.05) is 23.6 Å². The second-order valence-electron chi connectivity index (χ2n) is 8.76. The number of nitrogens with one attached hydrogen (secondary N) is 1. The molecule has 0 saturated heterocycles. The van der Waals surface area contributed by atoms with Crippen molar-refractivity contribution < 1.29 is 14.3 Å². The van der Waals surface area contributed by atoms with E-state index < -0.39 is 0 Å². The zero-order valence-corrected chi connectivity index (χ0v) is 15.5. The highest BCUT2D eigenvalue weighted by Gasteiger charge is 2.49. The number of aromatic nitrogens is 1. The van der Waals surface area contributed by atoms with Gasteiger partial charge in [0.15, 0.2) is 5.69 Å². The fourth-order valence-corrected chi connectivity index (χ4v) is 4.81. The predicted octanol–water partition coefficient (Wildman–Crippen LogP) is 4.03. The van der Waals surface area contributed by atoms with Crippen LogP contribution in [0.5, 0.6) is 0 Å². The zero-order chi connectivity index (χ0) is 18.5. The molecule has 5 heteroatoms. The van der Waals surface area contributed by atoms with Crippen molar-refractivity contribution in [3.05, 3.63) is 41.8 Å². The van der Waals surface area contributed by atoms with Gasteiger partial charge < -0.3 is 14.8 Å². The van der Waals surface area contributed by atoms with Gasteiger partial charge in [-0.25, -0.2) is 4.98 Å². The van der Waals surface area contributed by atoms with Crippen LogP contribution in [0.4, 0.5) is 0 Å². The lowest BCUT2D eigenvalue weighted by molar-refractivity contribution is -0.0152. The molecule has 2 aromatic rings. The van der Waals surface area contributed by atoms with Gasteiger partial charge in [0.1, 0.15) is 5.76 Å². The molecule has 142 valence electrons. The minimum atomic E-state index is -0.138. The molecule has 5 nitrogen and oxygen atoms in total. The van der Waals surface area contributed by atoms with Gasteiger partial charge in [-0.3, -0.25) is 4.79 Å². The maximum atomic E-state index is 13.2. The van der Waals surface area contributed by atoms with Gasteiger partial charge in [-0.05, 0) is 68.9 Å². The molecule has 0 aliphatic heterocycles. The van der Waals surface area contributed by atoms with Crippen molar-refractivity contribution in [1.29, 1.82) is 0 Å². The summed E-state index contributed by atoms with van der Waals surface area (Å²) in [5, 5.41) is 13.0. The van der Waals surface area contributed by atoms with Crippen LogP contribution in [-0.4, -0.2) is 28.1 Å². The molecule has 6 rings (SSSR count). The number of amides is 1. The van der Waals surface area contributed by atoms with Gasteiger partial charge in [0.2, 0.25) is 5.89 Å². The molecule has 27 heavy (non-hydrogen) atoms. The average molecular weight is 366 g/mol. The molecular formula is C22H26N2O3. The number of hydrogen-bond donors (Lipinski definition) is 2. The molecule has 0 atom stereocenters. The van der Waals surface area contributed by atoms with Gasteiger partial charge in [0.05, 0.1) is 0 Å². The Morgan fingerprint density at radius 1 is 1.11 bits per heavy atom. The Bertz CT molecular complexity index is 829. The summed E-state index contributed by atoms with van der Waals surface area (Å²) < 4.78 is 6.04. The van der Waals surface area contributed by atoms with Crippen LogP contribution in [0.3, 0.4) is 0 Å². The summed E-state index contributed by atoms with van der Waals surface area (Å²) in [4.78, 5) is 17.8. The number of fused-ring (bicyclic) bond motifs is 3. The lowest BCUT2D eigenvalue weighted by atomic mass is 9.57. The molecular weight excluding hydrogens is 340 g/mol. The number of aliphatic hydroxyl groups is 1. The fourth-order valence-electron chi connectivity index (χ4n) is 4.81. The largest absolute Gasteiger partial charge is 0.440 e. The molecule has 4 saturated carbocycles. The minimum absolute atomic E-state index is 0.0961. The summed E-state index contributed by atoms with van der Waals surface area (Å²) in [5.41, 5.74) is 1.33. The van der Waals surface area contributed by atoms with Crippen molar-refractivity contribution >= 4 is 5.91 Å². The van der Waals surface area contributed by atoms with Crippen LogP contribution in [0.2, 0.25) is 0 Å². The number of carbonyl (C=O) groups excluding carboxylic acids is 1. The Labute approximate surface area is 159 Å². The smallest absolute Gasteiger partial charge is 0.273 e. The second-order valence-corrected chi connectivity index (χ2v) is 8.76. The lowest BCUT2D eigenvalue weighted by Gasteiger charge is -2.53. The summed E-state index contributed by atoms with van der Waals surface area (Å²) in [6.45, 7) is 0.270. The monoisotopic (exact) mass is 366 g/mol. The van der Waals surface area contributed by atoms with E-state index in [0.29, 0.717) is 17.5 Å². The normalized spacial score (nSPS) is 29.7. The van der Waals surface area contributed by atoms with E-state index in [1.54, 1.807) is 0 Å². The quantitative estimate of drug-likeness (QED) is 0.838. The van der Waals surface area contributed by atoms with E-state index in [1.165, 1.54) is 0 Å². The van der Waals surface area contributed by atoms with E-state index in [1.807, 2.05) is 30.3 Å². The number of oxazole rings is 1. The second kappa shape index (κ2) is 6.20. The first kappa shape index (κ1) is 17.0. The van der Waals surface area contributed by atoms with E-state index in [9.17, 15) is 9.90 Å². The van der Waals surface area contributed by atoms with Crippen LogP contribution in [0.15, 0.2) is 34.7 Å². The highest BCUT2D eigenvalue weighted by atomic mass is 16.4. The highest BCUT2D eigenvalue weighted by Crippen LogP contribution is 2.52. The zero-order valence-electron chi connectivity index (χ0n) is 15.5. The fraction of sp³-hybridized carbons (Fsp3) is 0.545. The standard InChI is InChI=1S/C22H26N2O3/c25-14-21-8-11-22(12-9-21,13-10-21)24-19(26)17-18(15-6-7-15)27-20(23-17)16-4-2-1-3-5-16/h1-5,15,25H,6-14H2,(H,24,26). The molecule has 2 N–H and O–H groups in total. The van der Waals surface area contributed by atoms with Crippen molar-refractivity contribution in [1.82, 2.24) is 10.3 Å². The van der Waals surface area contributed by atoms with E-state index >= 15 is 0 Å². The molecule has 4 aliphatic carbocycles. The SMILES string of the molecule is O=C(NC12CCC(CO)(CC1)CC2)c1nc(-c2ccccc2)oc1C1CC1. The summed E-state index contributed by atoms with van der Waals surface area (Å²) in [7, 11) is 0. The molecule has 1 heterocycles. The van der Waals surface area contributed by atoms with Crippen LogP contribution in [0.1, 0.15) is 73.5 Å². The molecule has 1 aromatic carbocycles. The van der Waals surface area contributed by atoms with E-state index in [4.69, 9.17) is 4.42 Å². The van der Waals surface area contributed by atoms with E-state index in [0.717, 1.165) is 62.7 Å². The third kappa shape index (κ3) is 2.98. The number of carbonyl (C=O) groups is 1. The molecule has 4 fully saturated rings. The van der Waals surface area contributed by atoms with Crippen LogP contribution >= 0.6 is 0 Å². The Morgan fingerprint density at radius 2 is 1.78 bits per heavy atom. The minimum Gasteiger partial charge on any atom is -0.440 e. The van der Waals surface area contributed by atoms with Gasteiger partial charge in [-0.1, -0.05) is 18.2 Å². The lowest BCUT2D eigenvalue weighted by Crippen LogP contribution is -2.57. The third-order valence-electron chi connectivity index (χ3n) is 6.95. The Hall–Kier alpha value is -2.14. The van der Waals surface area contributed by atoms with Crippen LogP contribution in [-0.2, 0) is 0 Å². The molecule has 2 bridgehead atoms. The van der Waals surface area contributed by atoms with Crippen molar-refractivity contribution in [2.45, 2.75) is 62.8 Å². The van der Waals surface area contributed by atoms with Gasteiger partial charge in [-0.15, -0.1) is 0 Å². The van der Waals surface area contributed by atoms with Crippen LogP contribution < -0.4 is 5.32 Å². The van der Waals surface area contributed by atoms with E-state index in [-0.39, 0.29) is 23.5 Å².